The topological polar surface area (TPSA) is 86.1 Å². The Labute approximate surface area is 107 Å². The maximum Gasteiger partial charge on any atom is 0.123 e. The largest absolute Gasteiger partial charge is 0.493 e. The van der Waals surface area contributed by atoms with Crippen LogP contribution < -0.4 is 15.4 Å². The Morgan fingerprint density at radius 2 is 1.89 bits per heavy atom. The zero-order chi connectivity index (χ0) is 13.4. The molecule has 0 unspecified atom stereocenters. The number of benzene rings is 1. The SMILES string of the molecule is CCCOc1cc(N)cc(N(CC#N)CC#N)c1. The molecule has 0 aliphatic heterocycles. The van der Waals surface area contributed by atoms with E-state index >= 15 is 0 Å². The van der Waals surface area contributed by atoms with E-state index in [1.165, 1.54) is 0 Å². The van der Waals surface area contributed by atoms with E-state index < -0.39 is 0 Å². The average molecular weight is 244 g/mol. The Kier molecular flexibility index (Phi) is 5.34. The van der Waals surface area contributed by atoms with Crippen molar-refractivity contribution >= 4 is 11.4 Å². The number of nitriles is 2. The minimum atomic E-state index is 0.143. The highest BCUT2D eigenvalue weighted by Crippen LogP contribution is 2.25. The van der Waals surface area contributed by atoms with Crippen molar-refractivity contribution in [1.82, 2.24) is 0 Å². The van der Waals surface area contributed by atoms with E-state index in [1.807, 2.05) is 19.1 Å². The van der Waals surface area contributed by atoms with Crippen molar-refractivity contribution in [2.75, 3.05) is 30.3 Å². The molecule has 0 aliphatic rings. The highest BCUT2D eigenvalue weighted by molar-refractivity contribution is 5.61. The molecule has 0 radical (unpaired) electrons. The van der Waals surface area contributed by atoms with Gasteiger partial charge in [0.05, 0.1) is 18.7 Å². The molecule has 1 aromatic carbocycles. The Balaban J connectivity index is 2.96. The second-order valence-electron chi connectivity index (χ2n) is 3.78. The molecule has 0 aromatic heterocycles. The van der Waals surface area contributed by atoms with E-state index in [0.717, 1.165) is 12.1 Å². The summed E-state index contributed by atoms with van der Waals surface area (Å²) in [6.45, 7) is 2.92. The lowest BCUT2D eigenvalue weighted by molar-refractivity contribution is 0.317. The molecule has 1 rings (SSSR count). The van der Waals surface area contributed by atoms with E-state index in [1.54, 1.807) is 23.1 Å². The third-order valence-electron chi connectivity index (χ3n) is 2.27. The van der Waals surface area contributed by atoms with Gasteiger partial charge in [0.2, 0.25) is 0 Å². The summed E-state index contributed by atoms with van der Waals surface area (Å²) in [4.78, 5) is 1.65. The van der Waals surface area contributed by atoms with Gasteiger partial charge in [-0.25, -0.2) is 0 Å². The summed E-state index contributed by atoms with van der Waals surface area (Å²) in [6.07, 6.45) is 0.907. The lowest BCUT2D eigenvalue weighted by atomic mass is 10.2. The number of hydrogen-bond acceptors (Lipinski definition) is 5. The molecule has 5 heteroatoms. The third kappa shape index (κ3) is 3.88. The van der Waals surface area contributed by atoms with Gasteiger partial charge in [0.15, 0.2) is 0 Å². The molecule has 0 fully saturated rings. The number of nitrogen functional groups attached to an aromatic ring is 1. The molecule has 18 heavy (non-hydrogen) atoms. The van der Waals surface area contributed by atoms with Crippen LogP contribution in [0, 0.1) is 22.7 Å². The van der Waals surface area contributed by atoms with E-state index in [-0.39, 0.29) is 13.1 Å². The maximum atomic E-state index is 8.74. The van der Waals surface area contributed by atoms with E-state index in [0.29, 0.717) is 18.0 Å². The molecule has 0 aliphatic carbocycles. The van der Waals surface area contributed by atoms with Crippen molar-refractivity contribution in [3.05, 3.63) is 18.2 Å². The van der Waals surface area contributed by atoms with Crippen LogP contribution in [0.3, 0.4) is 0 Å². The van der Waals surface area contributed by atoms with Crippen LogP contribution in [0.25, 0.3) is 0 Å². The van der Waals surface area contributed by atoms with Crippen molar-refractivity contribution in [3.63, 3.8) is 0 Å². The fourth-order valence-corrected chi connectivity index (χ4v) is 1.50. The van der Waals surface area contributed by atoms with Crippen LogP contribution in [0.4, 0.5) is 11.4 Å². The zero-order valence-corrected chi connectivity index (χ0v) is 10.4. The summed E-state index contributed by atoms with van der Waals surface area (Å²) in [6, 6.07) is 9.31. The molecule has 94 valence electrons. The first-order valence-electron chi connectivity index (χ1n) is 5.73. The predicted molar refractivity (Wildman–Crippen MR) is 70.1 cm³/mol. The molecule has 0 amide bonds. The van der Waals surface area contributed by atoms with Crippen molar-refractivity contribution in [1.29, 1.82) is 10.5 Å². The fourth-order valence-electron chi connectivity index (χ4n) is 1.50. The molecular formula is C13H16N4O. The summed E-state index contributed by atoms with van der Waals surface area (Å²) < 4.78 is 5.51. The Morgan fingerprint density at radius 1 is 1.22 bits per heavy atom. The van der Waals surface area contributed by atoms with Gasteiger partial charge < -0.3 is 15.4 Å². The average Bonchev–Trinajstić information content (AvgIpc) is 2.35. The van der Waals surface area contributed by atoms with Crippen molar-refractivity contribution in [2.45, 2.75) is 13.3 Å². The lowest BCUT2D eigenvalue weighted by Gasteiger charge is -2.19. The molecule has 0 heterocycles. The molecule has 1 aromatic rings. The second kappa shape index (κ2) is 7.03. The van der Waals surface area contributed by atoms with Gasteiger partial charge in [0, 0.05) is 23.5 Å². The second-order valence-corrected chi connectivity index (χ2v) is 3.78. The van der Waals surface area contributed by atoms with Crippen molar-refractivity contribution in [2.24, 2.45) is 0 Å². The van der Waals surface area contributed by atoms with Crippen LogP contribution in [0.1, 0.15) is 13.3 Å². The minimum absolute atomic E-state index is 0.143. The van der Waals surface area contributed by atoms with Gasteiger partial charge in [-0.3, -0.25) is 0 Å². The monoisotopic (exact) mass is 244 g/mol. The molecule has 0 spiro atoms. The van der Waals surface area contributed by atoms with Crippen LogP contribution in [-0.2, 0) is 0 Å². The van der Waals surface area contributed by atoms with E-state index in [4.69, 9.17) is 21.0 Å². The van der Waals surface area contributed by atoms with Crippen molar-refractivity contribution in [3.8, 4) is 17.9 Å². The summed E-state index contributed by atoms with van der Waals surface area (Å²) >= 11 is 0. The summed E-state index contributed by atoms with van der Waals surface area (Å²) in [5.41, 5.74) is 7.07. The van der Waals surface area contributed by atoms with Gasteiger partial charge in [-0.15, -0.1) is 0 Å². The third-order valence-corrected chi connectivity index (χ3v) is 2.27. The van der Waals surface area contributed by atoms with E-state index in [2.05, 4.69) is 0 Å². The van der Waals surface area contributed by atoms with Gasteiger partial charge in [0.25, 0.3) is 0 Å². The van der Waals surface area contributed by atoms with Gasteiger partial charge in [-0.05, 0) is 12.5 Å². The molecule has 0 atom stereocenters. The standard InChI is InChI=1S/C13H16N4O/c1-2-7-18-13-9-11(16)8-12(10-13)17(5-3-14)6-4-15/h8-10H,2,5-7,16H2,1H3. The zero-order valence-electron chi connectivity index (χ0n) is 10.4. The van der Waals surface area contributed by atoms with Crippen LogP contribution >= 0.6 is 0 Å². The number of nitrogens with two attached hydrogens (primary N) is 1. The summed E-state index contributed by atoms with van der Waals surface area (Å²) in [5, 5.41) is 17.5. The maximum absolute atomic E-state index is 8.74. The lowest BCUT2D eigenvalue weighted by Crippen LogP contribution is -2.23. The van der Waals surface area contributed by atoms with Crippen LogP contribution in [0.2, 0.25) is 0 Å². The molecule has 2 N–H and O–H groups in total. The molecular weight excluding hydrogens is 228 g/mol. The van der Waals surface area contributed by atoms with Gasteiger partial charge in [-0.2, -0.15) is 10.5 Å². The molecule has 0 saturated carbocycles. The van der Waals surface area contributed by atoms with Crippen LogP contribution in [0.15, 0.2) is 18.2 Å². The van der Waals surface area contributed by atoms with Crippen LogP contribution in [-0.4, -0.2) is 19.7 Å². The number of hydrogen-bond donors (Lipinski definition) is 1. The van der Waals surface area contributed by atoms with Gasteiger partial charge in [-0.1, -0.05) is 6.92 Å². The Hall–Kier alpha value is -2.40. The summed E-state index contributed by atoms with van der Waals surface area (Å²) in [7, 11) is 0. The predicted octanol–water partition coefficient (Wildman–Crippen LogP) is 1.91. The highest BCUT2D eigenvalue weighted by atomic mass is 16.5. The molecule has 5 nitrogen and oxygen atoms in total. The number of nitrogens with zero attached hydrogens (tertiary/aromatic N) is 3. The first-order chi connectivity index (χ1) is 8.71. The fraction of sp³-hybridized carbons (Fsp3) is 0.385. The number of rotatable bonds is 6. The number of ether oxygens (including phenoxy) is 1. The quantitative estimate of drug-likeness (QED) is 0.610. The smallest absolute Gasteiger partial charge is 0.123 e. The first-order valence-corrected chi connectivity index (χ1v) is 5.73. The highest BCUT2D eigenvalue weighted by Gasteiger charge is 2.08. The first kappa shape index (κ1) is 13.7. The van der Waals surface area contributed by atoms with E-state index in [9.17, 15) is 0 Å². The van der Waals surface area contributed by atoms with Gasteiger partial charge in [0.1, 0.15) is 18.8 Å². The Morgan fingerprint density at radius 3 is 2.44 bits per heavy atom. The van der Waals surface area contributed by atoms with Crippen molar-refractivity contribution < 1.29 is 4.74 Å². The number of anilines is 2. The van der Waals surface area contributed by atoms with Gasteiger partial charge >= 0.3 is 0 Å². The summed E-state index contributed by atoms with van der Waals surface area (Å²) in [5.74, 6) is 0.660. The van der Waals surface area contributed by atoms with Crippen LogP contribution in [0.5, 0.6) is 5.75 Å². The normalized spacial score (nSPS) is 9.28. The Bertz CT molecular complexity index is 457. The minimum Gasteiger partial charge on any atom is -0.493 e. The molecule has 0 saturated heterocycles. The molecule has 0 bridgehead atoms.